The summed E-state index contributed by atoms with van der Waals surface area (Å²) in [5.41, 5.74) is 3.67. The molecule has 1 aromatic rings. The van der Waals surface area contributed by atoms with Crippen LogP contribution in [0.3, 0.4) is 0 Å². The molecule has 1 fully saturated rings. The minimum atomic E-state index is -0.106. The highest BCUT2D eigenvalue weighted by Crippen LogP contribution is 2.36. The Kier molecular flexibility index (Phi) is 4.35. The van der Waals surface area contributed by atoms with E-state index in [0.29, 0.717) is 6.04 Å². The number of ether oxygens (including phenoxy) is 1. The van der Waals surface area contributed by atoms with E-state index in [1.54, 1.807) is 7.11 Å². The lowest BCUT2D eigenvalue weighted by Crippen LogP contribution is -2.37. The highest BCUT2D eigenvalue weighted by Gasteiger charge is 2.25. The molecule has 19 heavy (non-hydrogen) atoms. The lowest BCUT2D eigenvalue weighted by molar-refractivity contribution is 0.122. The monoisotopic (exact) mass is 263 g/mol. The fourth-order valence-electron chi connectivity index (χ4n) is 3.16. The molecule has 3 heteroatoms. The highest BCUT2D eigenvalue weighted by molar-refractivity contribution is 5.65. The van der Waals surface area contributed by atoms with Crippen LogP contribution < -0.4 is 9.64 Å². The van der Waals surface area contributed by atoms with E-state index in [0.717, 1.165) is 31.4 Å². The van der Waals surface area contributed by atoms with Gasteiger partial charge in [0.2, 0.25) is 0 Å². The zero-order chi connectivity index (χ0) is 14.0. The first kappa shape index (κ1) is 14.2. The summed E-state index contributed by atoms with van der Waals surface area (Å²) >= 11 is 0. The van der Waals surface area contributed by atoms with Gasteiger partial charge in [0.15, 0.2) is 0 Å². The summed E-state index contributed by atoms with van der Waals surface area (Å²) in [6.07, 6.45) is 3.80. The molecular formula is C16H25NO2. The Balaban J connectivity index is 2.25. The first-order chi connectivity index (χ1) is 9.02. The average molecular weight is 263 g/mol. The van der Waals surface area contributed by atoms with E-state index in [2.05, 4.69) is 37.9 Å². The third-order valence-corrected chi connectivity index (χ3v) is 4.20. The van der Waals surface area contributed by atoms with Crippen molar-refractivity contribution >= 4 is 5.69 Å². The van der Waals surface area contributed by atoms with Crippen LogP contribution >= 0.6 is 0 Å². The molecule has 0 bridgehead atoms. The second-order valence-electron chi connectivity index (χ2n) is 5.71. The van der Waals surface area contributed by atoms with Gasteiger partial charge in [0, 0.05) is 13.1 Å². The Morgan fingerprint density at radius 1 is 1.16 bits per heavy atom. The number of rotatable bonds is 3. The molecule has 0 saturated heterocycles. The smallest absolute Gasteiger partial charge is 0.142 e. The Morgan fingerprint density at radius 3 is 2.37 bits per heavy atom. The molecule has 3 nitrogen and oxygen atoms in total. The highest BCUT2D eigenvalue weighted by atomic mass is 16.5. The standard InChI is InChI=1S/C16H25NO2/c1-11-9-12(2)16(15(10-11)19-4)17(3)13-5-7-14(18)8-6-13/h9-10,13-14,18H,5-8H2,1-4H3. The lowest BCUT2D eigenvalue weighted by Gasteiger charge is -2.36. The first-order valence-corrected chi connectivity index (χ1v) is 7.09. The van der Waals surface area contributed by atoms with Crippen LogP contribution in [0.25, 0.3) is 0 Å². The number of aryl methyl sites for hydroxylation is 2. The van der Waals surface area contributed by atoms with Crippen molar-refractivity contribution in [3.63, 3.8) is 0 Å². The fraction of sp³-hybridized carbons (Fsp3) is 0.625. The van der Waals surface area contributed by atoms with Crippen molar-refractivity contribution in [3.05, 3.63) is 23.3 Å². The molecule has 1 aliphatic carbocycles. The number of nitrogens with zero attached hydrogens (tertiary/aromatic N) is 1. The van der Waals surface area contributed by atoms with Crippen molar-refractivity contribution in [2.24, 2.45) is 0 Å². The average Bonchev–Trinajstić information content (AvgIpc) is 2.38. The molecule has 0 radical (unpaired) electrons. The van der Waals surface area contributed by atoms with Crippen LogP contribution in [0.5, 0.6) is 5.75 Å². The van der Waals surface area contributed by atoms with Gasteiger partial charge in [-0.05, 0) is 56.7 Å². The van der Waals surface area contributed by atoms with Gasteiger partial charge >= 0.3 is 0 Å². The molecule has 0 atom stereocenters. The minimum absolute atomic E-state index is 0.106. The van der Waals surface area contributed by atoms with Gasteiger partial charge in [0.05, 0.1) is 18.9 Å². The quantitative estimate of drug-likeness (QED) is 0.909. The second-order valence-corrected chi connectivity index (χ2v) is 5.71. The number of hydrogen-bond acceptors (Lipinski definition) is 3. The molecule has 106 valence electrons. The molecule has 0 aliphatic heterocycles. The number of anilines is 1. The summed E-state index contributed by atoms with van der Waals surface area (Å²) in [6, 6.07) is 4.79. The largest absolute Gasteiger partial charge is 0.495 e. The molecule has 0 amide bonds. The molecule has 0 heterocycles. The topological polar surface area (TPSA) is 32.7 Å². The Labute approximate surface area is 116 Å². The molecular weight excluding hydrogens is 238 g/mol. The summed E-state index contributed by atoms with van der Waals surface area (Å²) in [5.74, 6) is 0.950. The van der Waals surface area contributed by atoms with E-state index < -0.39 is 0 Å². The van der Waals surface area contributed by atoms with E-state index in [1.165, 1.54) is 16.8 Å². The Bertz CT molecular complexity index is 437. The zero-order valence-corrected chi connectivity index (χ0v) is 12.4. The summed E-state index contributed by atoms with van der Waals surface area (Å²) in [5, 5.41) is 9.63. The van der Waals surface area contributed by atoms with Gasteiger partial charge in [-0.1, -0.05) is 6.07 Å². The van der Waals surface area contributed by atoms with Crippen molar-refractivity contribution in [1.82, 2.24) is 0 Å². The van der Waals surface area contributed by atoms with Crippen LogP contribution in [0.1, 0.15) is 36.8 Å². The number of aliphatic hydroxyl groups is 1. The van der Waals surface area contributed by atoms with Crippen molar-refractivity contribution in [2.75, 3.05) is 19.1 Å². The zero-order valence-electron chi connectivity index (χ0n) is 12.4. The van der Waals surface area contributed by atoms with E-state index in [9.17, 15) is 5.11 Å². The maximum atomic E-state index is 9.63. The van der Waals surface area contributed by atoms with Crippen molar-refractivity contribution in [1.29, 1.82) is 0 Å². The Hall–Kier alpha value is -1.22. The molecule has 0 aromatic heterocycles. The molecule has 0 unspecified atom stereocenters. The summed E-state index contributed by atoms with van der Waals surface area (Å²) in [4.78, 5) is 2.33. The van der Waals surface area contributed by atoms with Gasteiger partial charge in [0.25, 0.3) is 0 Å². The SMILES string of the molecule is COc1cc(C)cc(C)c1N(C)C1CCC(O)CC1. The summed E-state index contributed by atoms with van der Waals surface area (Å²) < 4.78 is 5.55. The normalized spacial score (nSPS) is 23.2. The molecule has 1 N–H and O–H groups in total. The number of methoxy groups -OCH3 is 1. The number of benzene rings is 1. The molecule has 1 saturated carbocycles. The van der Waals surface area contributed by atoms with Crippen molar-refractivity contribution in [2.45, 2.75) is 51.7 Å². The third kappa shape index (κ3) is 3.03. The van der Waals surface area contributed by atoms with Gasteiger partial charge in [0.1, 0.15) is 5.75 Å². The predicted octanol–water partition coefficient (Wildman–Crippen LogP) is 3.05. The van der Waals surface area contributed by atoms with Crippen molar-refractivity contribution < 1.29 is 9.84 Å². The van der Waals surface area contributed by atoms with E-state index in [4.69, 9.17) is 4.74 Å². The number of hydrogen-bond donors (Lipinski definition) is 1. The third-order valence-electron chi connectivity index (χ3n) is 4.20. The molecule has 1 aliphatic rings. The van der Waals surface area contributed by atoms with Crippen LogP contribution in [0.15, 0.2) is 12.1 Å². The van der Waals surface area contributed by atoms with E-state index in [-0.39, 0.29) is 6.10 Å². The maximum Gasteiger partial charge on any atom is 0.142 e. The maximum absolute atomic E-state index is 9.63. The minimum Gasteiger partial charge on any atom is -0.495 e. The van der Waals surface area contributed by atoms with Crippen molar-refractivity contribution in [3.8, 4) is 5.75 Å². The van der Waals surface area contributed by atoms with E-state index in [1.807, 2.05) is 0 Å². The van der Waals surface area contributed by atoms with Crippen LogP contribution in [-0.4, -0.2) is 31.4 Å². The predicted molar refractivity (Wildman–Crippen MR) is 79.1 cm³/mol. The van der Waals surface area contributed by atoms with Gasteiger partial charge in [-0.2, -0.15) is 0 Å². The number of aliphatic hydroxyl groups excluding tert-OH is 1. The second kappa shape index (κ2) is 5.83. The molecule has 0 spiro atoms. The van der Waals surface area contributed by atoms with Crippen LogP contribution in [0.2, 0.25) is 0 Å². The molecule has 1 aromatic carbocycles. The van der Waals surface area contributed by atoms with Crippen LogP contribution in [-0.2, 0) is 0 Å². The van der Waals surface area contributed by atoms with Gasteiger partial charge in [-0.15, -0.1) is 0 Å². The summed E-state index contributed by atoms with van der Waals surface area (Å²) in [6.45, 7) is 4.23. The van der Waals surface area contributed by atoms with Crippen LogP contribution in [0.4, 0.5) is 5.69 Å². The van der Waals surface area contributed by atoms with E-state index >= 15 is 0 Å². The van der Waals surface area contributed by atoms with Crippen LogP contribution in [0, 0.1) is 13.8 Å². The molecule has 2 rings (SSSR count). The van der Waals surface area contributed by atoms with Gasteiger partial charge < -0.3 is 14.7 Å². The first-order valence-electron chi connectivity index (χ1n) is 7.09. The fourth-order valence-corrected chi connectivity index (χ4v) is 3.16. The van der Waals surface area contributed by atoms with Gasteiger partial charge in [-0.25, -0.2) is 0 Å². The lowest BCUT2D eigenvalue weighted by atomic mass is 9.91. The summed E-state index contributed by atoms with van der Waals surface area (Å²) in [7, 11) is 3.87. The Morgan fingerprint density at radius 2 is 1.79 bits per heavy atom. The van der Waals surface area contributed by atoms with Gasteiger partial charge in [-0.3, -0.25) is 0 Å².